The fourth-order valence-corrected chi connectivity index (χ4v) is 1.79. The minimum absolute atomic E-state index is 0.405. The van der Waals surface area contributed by atoms with Crippen molar-refractivity contribution in [1.82, 2.24) is 9.97 Å². The molecule has 2 rings (SSSR count). The van der Waals surface area contributed by atoms with Crippen LogP contribution in [-0.2, 0) is 6.42 Å². The predicted octanol–water partition coefficient (Wildman–Crippen LogP) is 2.88. The van der Waals surface area contributed by atoms with E-state index >= 15 is 0 Å². The summed E-state index contributed by atoms with van der Waals surface area (Å²) in [6.07, 6.45) is 2.33. The van der Waals surface area contributed by atoms with Crippen LogP contribution in [0.4, 0.5) is 5.82 Å². The van der Waals surface area contributed by atoms with Crippen molar-refractivity contribution in [3.63, 3.8) is 0 Å². The van der Waals surface area contributed by atoms with E-state index in [1.54, 1.807) is 14.2 Å². The Hall–Kier alpha value is -2.30. The van der Waals surface area contributed by atoms with Gasteiger partial charge in [0.05, 0.1) is 7.11 Å². The first-order valence-corrected chi connectivity index (χ1v) is 6.12. The SMILES string of the molecule is CCc1ccccc1Oc1ncnc(NC)c1OC. The molecule has 0 bridgehead atoms. The molecule has 5 heteroatoms. The molecule has 0 fully saturated rings. The van der Waals surface area contributed by atoms with Crippen LogP contribution in [0.5, 0.6) is 17.4 Å². The molecule has 0 unspecified atom stereocenters. The molecule has 0 spiro atoms. The largest absolute Gasteiger partial charge is 0.489 e. The van der Waals surface area contributed by atoms with E-state index in [2.05, 4.69) is 22.2 Å². The lowest BCUT2D eigenvalue weighted by atomic mass is 10.1. The third-order valence-corrected chi connectivity index (χ3v) is 2.77. The van der Waals surface area contributed by atoms with Crippen LogP contribution >= 0.6 is 0 Å². The van der Waals surface area contributed by atoms with Crippen molar-refractivity contribution in [3.8, 4) is 17.4 Å². The van der Waals surface area contributed by atoms with E-state index in [4.69, 9.17) is 9.47 Å². The Morgan fingerprint density at radius 2 is 2.00 bits per heavy atom. The van der Waals surface area contributed by atoms with Crippen LogP contribution in [0, 0.1) is 0 Å². The fraction of sp³-hybridized carbons (Fsp3) is 0.286. The maximum Gasteiger partial charge on any atom is 0.268 e. The van der Waals surface area contributed by atoms with E-state index in [0.29, 0.717) is 17.4 Å². The Balaban J connectivity index is 2.38. The van der Waals surface area contributed by atoms with E-state index in [1.807, 2.05) is 24.3 Å². The summed E-state index contributed by atoms with van der Waals surface area (Å²) in [5.41, 5.74) is 1.12. The normalized spacial score (nSPS) is 10.1. The van der Waals surface area contributed by atoms with Crippen molar-refractivity contribution in [1.29, 1.82) is 0 Å². The zero-order valence-electron chi connectivity index (χ0n) is 11.3. The molecule has 2 aromatic rings. The van der Waals surface area contributed by atoms with Crippen LogP contribution in [0.3, 0.4) is 0 Å². The van der Waals surface area contributed by atoms with Crippen molar-refractivity contribution >= 4 is 5.82 Å². The Bertz CT molecular complexity index is 558. The molecule has 1 aromatic carbocycles. The molecule has 5 nitrogen and oxygen atoms in total. The highest BCUT2D eigenvalue weighted by atomic mass is 16.5. The summed E-state index contributed by atoms with van der Waals surface area (Å²) >= 11 is 0. The van der Waals surface area contributed by atoms with Gasteiger partial charge >= 0.3 is 0 Å². The van der Waals surface area contributed by atoms with Gasteiger partial charge in [-0.05, 0) is 18.1 Å². The number of anilines is 1. The maximum absolute atomic E-state index is 5.85. The molecule has 1 heterocycles. The highest BCUT2D eigenvalue weighted by molar-refractivity contribution is 5.55. The standard InChI is InChI=1S/C14H17N3O2/c1-4-10-7-5-6-8-11(10)19-14-12(18-3)13(15-2)16-9-17-14/h5-9H,4H2,1-3H3,(H,15,16,17). The van der Waals surface area contributed by atoms with Gasteiger partial charge in [-0.15, -0.1) is 0 Å². The number of ether oxygens (including phenoxy) is 2. The number of nitrogens with one attached hydrogen (secondary N) is 1. The number of para-hydroxylation sites is 1. The second-order valence-electron chi connectivity index (χ2n) is 3.87. The van der Waals surface area contributed by atoms with Crippen LogP contribution in [0.2, 0.25) is 0 Å². The van der Waals surface area contributed by atoms with E-state index in [0.717, 1.165) is 17.7 Å². The van der Waals surface area contributed by atoms with Crippen LogP contribution in [-0.4, -0.2) is 24.1 Å². The molecule has 0 aliphatic rings. The van der Waals surface area contributed by atoms with Gasteiger partial charge in [-0.25, -0.2) is 4.98 Å². The van der Waals surface area contributed by atoms with Gasteiger partial charge in [-0.3, -0.25) is 0 Å². The van der Waals surface area contributed by atoms with Crippen molar-refractivity contribution < 1.29 is 9.47 Å². The number of aryl methyl sites for hydroxylation is 1. The molecule has 0 amide bonds. The molecule has 19 heavy (non-hydrogen) atoms. The molecule has 0 aliphatic carbocycles. The number of rotatable bonds is 5. The Morgan fingerprint density at radius 3 is 2.68 bits per heavy atom. The van der Waals surface area contributed by atoms with Crippen molar-refractivity contribution in [2.75, 3.05) is 19.5 Å². The van der Waals surface area contributed by atoms with Crippen LogP contribution in [0.25, 0.3) is 0 Å². The van der Waals surface area contributed by atoms with Crippen LogP contribution < -0.4 is 14.8 Å². The first-order valence-electron chi connectivity index (χ1n) is 6.12. The Kier molecular flexibility index (Phi) is 4.18. The van der Waals surface area contributed by atoms with Crippen LogP contribution in [0.15, 0.2) is 30.6 Å². The second kappa shape index (κ2) is 6.04. The lowest BCUT2D eigenvalue weighted by Gasteiger charge is -2.13. The molecule has 0 saturated heterocycles. The van der Waals surface area contributed by atoms with Gasteiger partial charge in [0.2, 0.25) is 5.75 Å². The number of hydrogen-bond donors (Lipinski definition) is 1. The summed E-state index contributed by atoms with van der Waals surface area (Å²) in [6.45, 7) is 2.08. The lowest BCUT2D eigenvalue weighted by molar-refractivity contribution is 0.368. The molecule has 0 aliphatic heterocycles. The Labute approximate surface area is 112 Å². The minimum atomic E-state index is 0.405. The lowest BCUT2D eigenvalue weighted by Crippen LogP contribution is -2.01. The summed E-state index contributed by atoms with van der Waals surface area (Å²) in [4.78, 5) is 8.22. The first-order chi connectivity index (χ1) is 9.30. The molecule has 0 radical (unpaired) electrons. The molecule has 0 saturated carbocycles. The topological polar surface area (TPSA) is 56.3 Å². The smallest absolute Gasteiger partial charge is 0.268 e. The summed E-state index contributed by atoms with van der Waals surface area (Å²) in [5, 5.41) is 2.95. The number of hydrogen-bond acceptors (Lipinski definition) is 5. The van der Waals surface area contributed by atoms with Gasteiger partial charge < -0.3 is 14.8 Å². The Morgan fingerprint density at radius 1 is 1.21 bits per heavy atom. The highest BCUT2D eigenvalue weighted by Gasteiger charge is 2.14. The zero-order chi connectivity index (χ0) is 13.7. The average Bonchev–Trinajstić information content (AvgIpc) is 2.47. The second-order valence-corrected chi connectivity index (χ2v) is 3.87. The highest BCUT2D eigenvalue weighted by Crippen LogP contribution is 2.34. The molecular weight excluding hydrogens is 242 g/mol. The van der Waals surface area contributed by atoms with Crippen molar-refractivity contribution in [2.45, 2.75) is 13.3 Å². The summed E-state index contributed by atoms with van der Waals surface area (Å²) < 4.78 is 11.1. The van der Waals surface area contributed by atoms with E-state index in [1.165, 1.54) is 6.33 Å². The number of benzene rings is 1. The predicted molar refractivity (Wildman–Crippen MR) is 74.0 cm³/mol. The van der Waals surface area contributed by atoms with Gasteiger partial charge in [0.1, 0.15) is 12.1 Å². The van der Waals surface area contributed by atoms with Gasteiger partial charge in [0.15, 0.2) is 5.82 Å². The molecule has 0 atom stereocenters. The summed E-state index contributed by atoms with van der Waals surface area (Å²) in [6, 6.07) is 7.87. The summed E-state index contributed by atoms with van der Waals surface area (Å²) in [7, 11) is 3.34. The molecule has 1 aromatic heterocycles. The molecule has 1 N–H and O–H groups in total. The van der Waals surface area contributed by atoms with Crippen LogP contribution in [0.1, 0.15) is 12.5 Å². The number of nitrogens with zero attached hydrogens (tertiary/aromatic N) is 2. The van der Waals surface area contributed by atoms with E-state index < -0.39 is 0 Å². The first kappa shape index (κ1) is 13.1. The third-order valence-electron chi connectivity index (χ3n) is 2.77. The molecule has 100 valence electrons. The number of methoxy groups -OCH3 is 1. The number of aromatic nitrogens is 2. The third kappa shape index (κ3) is 2.76. The maximum atomic E-state index is 5.85. The fourth-order valence-electron chi connectivity index (χ4n) is 1.79. The van der Waals surface area contributed by atoms with Gasteiger partial charge in [0, 0.05) is 7.05 Å². The van der Waals surface area contributed by atoms with Gasteiger partial charge in [0.25, 0.3) is 5.88 Å². The quantitative estimate of drug-likeness (QED) is 0.894. The average molecular weight is 259 g/mol. The zero-order valence-corrected chi connectivity index (χ0v) is 11.3. The molecular formula is C14H17N3O2. The monoisotopic (exact) mass is 259 g/mol. The van der Waals surface area contributed by atoms with E-state index in [-0.39, 0.29) is 0 Å². The van der Waals surface area contributed by atoms with E-state index in [9.17, 15) is 0 Å². The van der Waals surface area contributed by atoms with Crippen molar-refractivity contribution in [3.05, 3.63) is 36.2 Å². The summed E-state index contributed by atoms with van der Waals surface area (Å²) in [5.74, 6) is 2.28. The van der Waals surface area contributed by atoms with Gasteiger partial charge in [-0.1, -0.05) is 25.1 Å². The van der Waals surface area contributed by atoms with Crippen molar-refractivity contribution in [2.24, 2.45) is 0 Å². The van der Waals surface area contributed by atoms with Gasteiger partial charge in [-0.2, -0.15) is 4.98 Å². The minimum Gasteiger partial charge on any atom is -0.489 e.